The minimum absolute atomic E-state index is 0. The first-order valence-corrected chi connectivity index (χ1v) is 6.73. The van der Waals surface area contributed by atoms with E-state index in [1.165, 1.54) is 24.3 Å². The highest BCUT2D eigenvalue weighted by Gasteiger charge is 2.04. The lowest BCUT2D eigenvalue weighted by molar-refractivity contribution is -0.115. The van der Waals surface area contributed by atoms with Gasteiger partial charge >= 0.3 is 0 Å². The molecule has 0 saturated carbocycles. The van der Waals surface area contributed by atoms with E-state index in [1.807, 2.05) is 6.92 Å². The molecule has 3 N–H and O–H groups in total. The van der Waals surface area contributed by atoms with Crippen molar-refractivity contribution >= 4 is 41.5 Å². The van der Waals surface area contributed by atoms with Gasteiger partial charge in [0.25, 0.3) is 0 Å². The maximum Gasteiger partial charge on any atom is 0.243 e. The zero-order valence-corrected chi connectivity index (χ0v) is 15.0. The van der Waals surface area contributed by atoms with Gasteiger partial charge in [-0.25, -0.2) is 4.39 Å². The van der Waals surface area contributed by atoms with Crippen LogP contribution in [0.2, 0.25) is 0 Å². The molecule has 0 aliphatic heterocycles. The summed E-state index contributed by atoms with van der Waals surface area (Å²) in [5.41, 5.74) is 0.544. The Balaban J connectivity index is 0.00000441. The molecule has 0 saturated heterocycles. The topological polar surface area (TPSA) is 74.8 Å². The summed E-state index contributed by atoms with van der Waals surface area (Å²) in [5, 5.41) is 8.54. The van der Waals surface area contributed by atoms with Crippen molar-refractivity contribution in [2.24, 2.45) is 4.99 Å². The van der Waals surface area contributed by atoms with Gasteiger partial charge in [-0.15, -0.1) is 24.0 Å². The van der Waals surface area contributed by atoms with Crippen LogP contribution in [0.1, 0.15) is 6.92 Å². The molecule has 0 bridgehead atoms. The molecule has 1 amide bonds. The van der Waals surface area contributed by atoms with Crippen LogP contribution in [0.15, 0.2) is 29.3 Å². The number of halogens is 2. The van der Waals surface area contributed by atoms with Gasteiger partial charge in [0, 0.05) is 25.9 Å². The maximum absolute atomic E-state index is 12.7. The van der Waals surface area contributed by atoms with Crippen molar-refractivity contribution in [3.8, 4) is 0 Å². The van der Waals surface area contributed by atoms with Crippen LogP contribution in [0.5, 0.6) is 0 Å². The Labute approximate surface area is 146 Å². The zero-order chi connectivity index (χ0) is 15.5. The third kappa shape index (κ3) is 8.78. The van der Waals surface area contributed by atoms with Gasteiger partial charge in [0.15, 0.2) is 5.96 Å². The standard InChI is InChI=1S/C14H21FN4O2.HI/c1-3-21-9-8-17-14(16-2)18-10-13(20)19-12-6-4-11(15)5-7-12;/h4-7H,3,8-10H2,1-2H3,(H,19,20)(H2,16,17,18);1H. The molecule has 8 heteroatoms. The van der Waals surface area contributed by atoms with E-state index in [-0.39, 0.29) is 42.2 Å². The second-order valence-corrected chi connectivity index (χ2v) is 4.10. The number of hydrogen-bond donors (Lipinski definition) is 3. The summed E-state index contributed by atoms with van der Waals surface area (Å²) in [7, 11) is 1.62. The molecular weight excluding hydrogens is 402 g/mol. The van der Waals surface area contributed by atoms with Crippen molar-refractivity contribution in [1.82, 2.24) is 10.6 Å². The molecule has 6 nitrogen and oxygen atoms in total. The molecule has 0 atom stereocenters. The lowest BCUT2D eigenvalue weighted by Gasteiger charge is -2.12. The molecule has 0 aliphatic rings. The van der Waals surface area contributed by atoms with E-state index in [0.717, 1.165) is 0 Å². The Morgan fingerprint density at radius 2 is 1.95 bits per heavy atom. The minimum atomic E-state index is -0.343. The molecule has 0 unspecified atom stereocenters. The second-order valence-electron chi connectivity index (χ2n) is 4.10. The summed E-state index contributed by atoms with van der Waals surface area (Å²) in [6.07, 6.45) is 0. The molecule has 1 aromatic carbocycles. The highest BCUT2D eigenvalue weighted by Crippen LogP contribution is 2.07. The summed E-state index contributed by atoms with van der Waals surface area (Å²) in [6, 6.07) is 5.58. The summed E-state index contributed by atoms with van der Waals surface area (Å²) in [4.78, 5) is 15.7. The van der Waals surface area contributed by atoms with Crippen LogP contribution >= 0.6 is 24.0 Å². The highest BCUT2D eigenvalue weighted by atomic mass is 127. The molecule has 1 rings (SSSR count). The van der Waals surface area contributed by atoms with E-state index in [9.17, 15) is 9.18 Å². The van der Waals surface area contributed by atoms with Crippen LogP contribution in [0.25, 0.3) is 0 Å². The molecule has 0 spiro atoms. The number of rotatable bonds is 7. The van der Waals surface area contributed by atoms with Crippen molar-refractivity contribution in [2.75, 3.05) is 38.7 Å². The monoisotopic (exact) mass is 424 g/mol. The number of ether oxygens (including phenoxy) is 1. The molecule has 0 aromatic heterocycles. The number of guanidine groups is 1. The van der Waals surface area contributed by atoms with Crippen molar-refractivity contribution in [3.63, 3.8) is 0 Å². The predicted octanol–water partition coefficient (Wildman–Crippen LogP) is 1.58. The number of amides is 1. The molecule has 0 heterocycles. The van der Waals surface area contributed by atoms with E-state index >= 15 is 0 Å². The molecule has 0 fully saturated rings. The minimum Gasteiger partial charge on any atom is -0.380 e. The molecule has 0 radical (unpaired) electrons. The Morgan fingerprint density at radius 1 is 1.27 bits per heavy atom. The van der Waals surface area contributed by atoms with E-state index in [2.05, 4.69) is 20.9 Å². The van der Waals surface area contributed by atoms with Gasteiger partial charge in [-0.05, 0) is 31.2 Å². The third-order valence-corrected chi connectivity index (χ3v) is 2.51. The van der Waals surface area contributed by atoms with Crippen molar-refractivity contribution in [2.45, 2.75) is 6.92 Å². The number of nitrogens with zero attached hydrogens (tertiary/aromatic N) is 1. The van der Waals surface area contributed by atoms with Gasteiger partial charge < -0.3 is 20.7 Å². The normalized spacial score (nSPS) is 10.6. The van der Waals surface area contributed by atoms with Crippen LogP contribution in [-0.2, 0) is 9.53 Å². The van der Waals surface area contributed by atoms with Crippen LogP contribution in [-0.4, -0.2) is 45.2 Å². The van der Waals surface area contributed by atoms with Crippen LogP contribution in [0.4, 0.5) is 10.1 Å². The SMILES string of the molecule is CCOCCNC(=NC)NCC(=O)Nc1ccc(F)cc1.I. The number of aliphatic imine (C=N–C) groups is 1. The zero-order valence-electron chi connectivity index (χ0n) is 12.7. The Bertz CT molecular complexity index is 468. The summed E-state index contributed by atoms with van der Waals surface area (Å²) in [5.74, 6) is -0.0663. The van der Waals surface area contributed by atoms with Gasteiger partial charge in [0.1, 0.15) is 5.82 Å². The smallest absolute Gasteiger partial charge is 0.243 e. The van der Waals surface area contributed by atoms with Crippen LogP contribution in [0.3, 0.4) is 0 Å². The second kappa shape index (κ2) is 12.2. The summed E-state index contributed by atoms with van der Waals surface area (Å²) in [6.45, 7) is 3.82. The van der Waals surface area contributed by atoms with Gasteiger partial charge in [-0.1, -0.05) is 0 Å². The fraction of sp³-hybridized carbons (Fsp3) is 0.429. The van der Waals surface area contributed by atoms with Crippen molar-refractivity contribution < 1.29 is 13.9 Å². The predicted molar refractivity (Wildman–Crippen MR) is 96.3 cm³/mol. The molecule has 0 aliphatic carbocycles. The average molecular weight is 424 g/mol. The first-order chi connectivity index (χ1) is 10.2. The van der Waals surface area contributed by atoms with Gasteiger partial charge in [0.2, 0.25) is 5.91 Å². The number of benzene rings is 1. The first kappa shape index (κ1) is 20.6. The van der Waals surface area contributed by atoms with E-state index in [0.29, 0.717) is 31.4 Å². The fourth-order valence-corrected chi connectivity index (χ4v) is 1.51. The molecular formula is C14H22FIN4O2. The van der Waals surface area contributed by atoms with Crippen molar-refractivity contribution in [3.05, 3.63) is 30.1 Å². The molecule has 22 heavy (non-hydrogen) atoms. The van der Waals surface area contributed by atoms with E-state index in [1.54, 1.807) is 7.05 Å². The summed E-state index contributed by atoms with van der Waals surface area (Å²) < 4.78 is 17.9. The van der Waals surface area contributed by atoms with Gasteiger partial charge in [0.05, 0.1) is 13.2 Å². The van der Waals surface area contributed by atoms with Crippen LogP contribution < -0.4 is 16.0 Å². The van der Waals surface area contributed by atoms with Gasteiger partial charge in [-0.2, -0.15) is 0 Å². The fourth-order valence-electron chi connectivity index (χ4n) is 1.51. The lowest BCUT2D eigenvalue weighted by atomic mass is 10.3. The van der Waals surface area contributed by atoms with E-state index in [4.69, 9.17) is 4.74 Å². The molecule has 1 aromatic rings. The quantitative estimate of drug-likeness (QED) is 0.269. The Hall–Kier alpha value is -1.42. The summed E-state index contributed by atoms with van der Waals surface area (Å²) >= 11 is 0. The number of anilines is 1. The average Bonchev–Trinajstić information content (AvgIpc) is 2.49. The number of hydrogen-bond acceptors (Lipinski definition) is 3. The van der Waals surface area contributed by atoms with Crippen molar-refractivity contribution in [1.29, 1.82) is 0 Å². The highest BCUT2D eigenvalue weighted by molar-refractivity contribution is 14.0. The van der Waals surface area contributed by atoms with E-state index < -0.39 is 0 Å². The number of carbonyl (C=O) groups excluding carboxylic acids is 1. The third-order valence-electron chi connectivity index (χ3n) is 2.51. The number of nitrogens with one attached hydrogen (secondary N) is 3. The van der Waals surface area contributed by atoms with Crippen LogP contribution in [0, 0.1) is 5.82 Å². The molecule has 124 valence electrons. The lowest BCUT2D eigenvalue weighted by Crippen LogP contribution is -2.42. The Kier molecular flexibility index (Phi) is 11.4. The first-order valence-electron chi connectivity index (χ1n) is 6.73. The largest absolute Gasteiger partial charge is 0.380 e. The Morgan fingerprint density at radius 3 is 2.55 bits per heavy atom. The maximum atomic E-state index is 12.7. The van der Waals surface area contributed by atoms with Gasteiger partial charge in [-0.3, -0.25) is 9.79 Å². The number of carbonyl (C=O) groups is 1.